The van der Waals surface area contributed by atoms with E-state index in [1.807, 2.05) is 16.7 Å². The Labute approximate surface area is 169 Å². The fourth-order valence-corrected chi connectivity index (χ4v) is 3.82. The molecule has 3 aromatic rings. The average Bonchev–Trinajstić information content (AvgIpc) is 3.30. The van der Waals surface area contributed by atoms with Gasteiger partial charge in [-0.05, 0) is 31.5 Å². The molecule has 0 amide bonds. The third-order valence-corrected chi connectivity index (χ3v) is 5.60. The normalized spacial score (nSPS) is 20.2. The Morgan fingerprint density at radius 3 is 2.75 bits per heavy atom. The predicted octanol–water partition coefficient (Wildman–Crippen LogP) is 2.79. The average molecular weight is 401 g/mol. The maximum Gasteiger partial charge on any atom is 0.164 e. The Morgan fingerprint density at radius 1 is 1.29 bits per heavy atom. The molecule has 1 fully saturated rings. The molecule has 0 radical (unpaired) electrons. The molecule has 7 nitrogen and oxygen atoms in total. The maximum absolute atomic E-state index is 10.2. The van der Waals surface area contributed by atoms with E-state index in [9.17, 15) is 5.11 Å². The summed E-state index contributed by atoms with van der Waals surface area (Å²) in [6.07, 6.45) is 5.28. The van der Waals surface area contributed by atoms with E-state index in [0.717, 1.165) is 42.2 Å². The molecule has 1 aliphatic heterocycles. The summed E-state index contributed by atoms with van der Waals surface area (Å²) >= 11 is 6.30. The van der Waals surface area contributed by atoms with Gasteiger partial charge in [-0.1, -0.05) is 32.4 Å². The molecular formula is C20H25ClN6O. The summed E-state index contributed by atoms with van der Waals surface area (Å²) in [6.45, 7) is 7.55. The number of imidazole rings is 1. The molecule has 1 atom stereocenters. The van der Waals surface area contributed by atoms with E-state index in [0.29, 0.717) is 17.1 Å². The van der Waals surface area contributed by atoms with Crippen LogP contribution < -0.4 is 5.32 Å². The molecule has 0 aromatic carbocycles. The number of fused-ring (bicyclic) bond motifs is 1. The van der Waals surface area contributed by atoms with E-state index in [1.54, 1.807) is 12.5 Å². The lowest BCUT2D eigenvalue weighted by atomic mass is 9.91. The first-order valence-corrected chi connectivity index (χ1v) is 9.91. The molecule has 0 spiro atoms. The van der Waals surface area contributed by atoms with Gasteiger partial charge in [0.1, 0.15) is 11.3 Å². The summed E-state index contributed by atoms with van der Waals surface area (Å²) in [6, 6.07) is 3.64. The van der Waals surface area contributed by atoms with Crippen molar-refractivity contribution in [2.24, 2.45) is 0 Å². The van der Waals surface area contributed by atoms with Crippen LogP contribution in [0.25, 0.3) is 11.2 Å². The minimum atomic E-state index is -0.580. The van der Waals surface area contributed by atoms with Gasteiger partial charge in [-0.3, -0.25) is 4.98 Å². The van der Waals surface area contributed by atoms with Gasteiger partial charge in [-0.15, -0.1) is 0 Å². The van der Waals surface area contributed by atoms with Gasteiger partial charge in [0.05, 0.1) is 41.4 Å². The standard InChI is InChI=1S/C20H25ClN6O/c1-19(2,3)18-25-16(20(11-28)7-5-9-24-20)15-17(26-18)27(12-23-15)10-14-13(21)6-4-8-22-14/h4,6,8,12,24,28H,5,7,9-11H2,1-3H3/t20-/m0/s1. The van der Waals surface area contributed by atoms with E-state index in [2.05, 4.69) is 36.1 Å². The van der Waals surface area contributed by atoms with Gasteiger partial charge in [0, 0.05) is 11.6 Å². The molecule has 3 aromatic heterocycles. The Hall–Kier alpha value is -2.09. The van der Waals surface area contributed by atoms with Gasteiger partial charge >= 0.3 is 0 Å². The molecular weight excluding hydrogens is 376 g/mol. The Kier molecular flexibility index (Phi) is 4.85. The van der Waals surface area contributed by atoms with Crippen LogP contribution >= 0.6 is 11.6 Å². The second-order valence-corrected chi connectivity index (χ2v) is 8.80. The summed E-state index contributed by atoms with van der Waals surface area (Å²) in [4.78, 5) is 18.7. The van der Waals surface area contributed by atoms with Crippen molar-refractivity contribution in [2.75, 3.05) is 13.2 Å². The van der Waals surface area contributed by atoms with Crippen molar-refractivity contribution in [1.82, 2.24) is 29.8 Å². The Bertz CT molecular complexity index is 1000. The first-order valence-electron chi connectivity index (χ1n) is 9.53. The van der Waals surface area contributed by atoms with Crippen molar-refractivity contribution in [3.05, 3.63) is 46.9 Å². The Balaban J connectivity index is 1.91. The zero-order valence-electron chi connectivity index (χ0n) is 16.4. The molecule has 8 heteroatoms. The van der Waals surface area contributed by atoms with Crippen LogP contribution in [0.1, 0.15) is 50.8 Å². The minimum absolute atomic E-state index is 0.0262. The fourth-order valence-electron chi connectivity index (χ4n) is 3.64. The zero-order valence-corrected chi connectivity index (χ0v) is 17.2. The predicted molar refractivity (Wildman–Crippen MR) is 108 cm³/mol. The number of rotatable bonds is 4. The van der Waals surface area contributed by atoms with Gasteiger partial charge in [-0.2, -0.15) is 0 Å². The molecule has 0 saturated carbocycles. The number of hydrogen-bond acceptors (Lipinski definition) is 6. The first-order chi connectivity index (χ1) is 13.3. The number of hydrogen-bond donors (Lipinski definition) is 2. The molecule has 148 valence electrons. The van der Waals surface area contributed by atoms with Crippen molar-refractivity contribution in [1.29, 1.82) is 0 Å². The maximum atomic E-state index is 10.2. The number of aliphatic hydroxyl groups is 1. The third-order valence-electron chi connectivity index (χ3n) is 5.26. The summed E-state index contributed by atoms with van der Waals surface area (Å²) in [5.74, 6) is 0.727. The molecule has 0 aliphatic carbocycles. The van der Waals surface area contributed by atoms with Crippen molar-refractivity contribution < 1.29 is 5.11 Å². The van der Waals surface area contributed by atoms with Crippen molar-refractivity contribution in [3.8, 4) is 0 Å². The zero-order chi connectivity index (χ0) is 19.9. The number of aromatic nitrogens is 5. The molecule has 4 heterocycles. The van der Waals surface area contributed by atoms with E-state index in [-0.39, 0.29) is 12.0 Å². The molecule has 0 bridgehead atoms. The van der Waals surface area contributed by atoms with Crippen LogP contribution in [-0.4, -0.2) is 42.8 Å². The molecule has 28 heavy (non-hydrogen) atoms. The second kappa shape index (κ2) is 7.06. The van der Waals surface area contributed by atoms with Gasteiger partial charge in [0.15, 0.2) is 5.65 Å². The molecule has 0 unspecified atom stereocenters. The number of nitrogens with one attached hydrogen (secondary N) is 1. The van der Waals surface area contributed by atoms with E-state index in [4.69, 9.17) is 21.6 Å². The van der Waals surface area contributed by atoms with Crippen LogP contribution in [0.4, 0.5) is 0 Å². The van der Waals surface area contributed by atoms with Gasteiger partial charge in [0.25, 0.3) is 0 Å². The van der Waals surface area contributed by atoms with Gasteiger partial charge < -0.3 is 15.0 Å². The van der Waals surface area contributed by atoms with E-state index >= 15 is 0 Å². The molecule has 4 rings (SSSR count). The van der Waals surface area contributed by atoms with Crippen LogP contribution in [0.3, 0.4) is 0 Å². The fraction of sp³-hybridized carbons (Fsp3) is 0.500. The lowest BCUT2D eigenvalue weighted by Gasteiger charge is -2.28. The summed E-state index contributed by atoms with van der Waals surface area (Å²) < 4.78 is 1.95. The first kappa shape index (κ1) is 19.2. The van der Waals surface area contributed by atoms with Crippen LogP contribution in [-0.2, 0) is 17.5 Å². The summed E-state index contributed by atoms with van der Waals surface area (Å²) in [7, 11) is 0. The molecule has 1 aliphatic rings. The van der Waals surface area contributed by atoms with Crippen molar-refractivity contribution in [3.63, 3.8) is 0 Å². The quantitative estimate of drug-likeness (QED) is 0.700. The van der Waals surface area contributed by atoms with Crippen LogP contribution in [0.5, 0.6) is 0 Å². The lowest BCUT2D eigenvalue weighted by Crippen LogP contribution is -2.42. The highest BCUT2D eigenvalue weighted by Gasteiger charge is 2.39. The smallest absolute Gasteiger partial charge is 0.164 e. The highest BCUT2D eigenvalue weighted by atomic mass is 35.5. The second-order valence-electron chi connectivity index (χ2n) is 8.39. The SMILES string of the molecule is CC(C)(C)c1nc([C@@]2(CO)CCCN2)c2ncn(Cc3ncccc3Cl)c2n1. The lowest BCUT2D eigenvalue weighted by molar-refractivity contribution is 0.175. The topological polar surface area (TPSA) is 88.8 Å². The van der Waals surface area contributed by atoms with Crippen LogP contribution in [0.15, 0.2) is 24.7 Å². The van der Waals surface area contributed by atoms with Crippen molar-refractivity contribution in [2.45, 2.75) is 51.1 Å². The number of pyridine rings is 1. The van der Waals surface area contributed by atoms with Crippen LogP contribution in [0.2, 0.25) is 5.02 Å². The number of halogens is 1. The summed E-state index contributed by atoms with van der Waals surface area (Å²) in [5.41, 5.74) is 2.16. The van der Waals surface area contributed by atoms with Gasteiger partial charge in [-0.25, -0.2) is 15.0 Å². The van der Waals surface area contributed by atoms with E-state index < -0.39 is 5.54 Å². The third kappa shape index (κ3) is 3.27. The minimum Gasteiger partial charge on any atom is -0.394 e. The molecule has 1 saturated heterocycles. The number of aliphatic hydroxyl groups excluding tert-OH is 1. The highest BCUT2D eigenvalue weighted by molar-refractivity contribution is 6.31. The van der Waals surface area contributed by atoms with E-state index in [1.165, 1.54) is 0 Å². The number of nitrogens with zero attached hydrogens (tertiary/aromatic N) is 5. The largest absolute Gasteiger partial charge is 0.394 e. The summed E-state index contributed by atoms with van der Waals surface area (Å²) in [5, 5.41) is 14.3. The monoisotopic (exact) mass is 400 g/mol. The highest BCUT2D eigenvalue weighted by Crippen LogP contribution is 2.34. The Morgan fingerprint density at radius 2 is 2.11 bits per heavy atom. The van der Waals surface area contributed by atoms with Gasteiger partial charge in [0.2, 0.25) is 0 Å². The molecule has 2 N–H and O–H groups in total. The van der Waals surface area contributed by atoms with Crippen LogP contribution in [0, 0.1) is 0 Å². The van der Waals surface area contributed by atoms with Crippen molar-refractivity contribution >= 4 is 22.8 Å².